The first-order chi connectivity index (χ1) is 18.0. The second-order valence-electron chi connectivity index (χ2n) is 9.29. The van der Waals surface area contributed by atoms with Gasteiger partial charge in [0.25, 0.3) is 5.91 Å². The fourth-order valence-electron chi connectivity index (χ4n) is 4.85. The molecule has 0 spiro atoms. The molecule has 1 fully saturated rings. The fourth-order valence-corrected chi connectivity index (χ4v) is 4.85. The standard InChI is InChI=1S/C29H29N5O3/c30-22-8-10-23(11-9-22)37-26-16-21(18-4-2-1-3-5-18)15-25(26)34-27(35)17-33-29(36)20-7-6-19-12-13-32-28(31)24(19)14-20/h1-14,21,25-26H,15-17,30H2,(H2,31,32)(H,33,36)(H,34,35). The molecular weight excluding hydrogens is 466 g/mol. The zero-order chi connectivity index (χ0) is 25.8. The van der Waals surface area contributed by atoms with E-state index in [0.29, 0.717) is 28.2 Å². The number of nitrogen functional groups attached to an aromatic ring is 2. The number of nitrogens with one attached hydrogen (secondary N) is 2. The summed E-state index contributed by atoms with van der Waals surface area (Å²) in [6.07, 6.45) is 2.90. The van der Waals surface area contributed by atoms with E-state index in [0.717, 1.165) is 18.2 Å². The third-order valence-electron chi connectivity index (χ3n) is 6.76. The maximum Gasteiger partial charge on any atom is 0.251 e. The Balaban J connectivity index is 1.24. The molecule has 3 atom stereocenters. The van der Waals surface area contributed by atoms with Crippen molar-refractivity contribution in [2.24, 2.45) is 0 Å². The molecule has 0 saturated heterocycles. The van der Waals surface area contributed by atoms with Gasteiger partial charge in [0, 0.05) is 22.8 Å². The number of anilines is 2. The minimum absolute atomic E-state index is 0.152. The van der Waals surface area contributed by atoms with Crippen molar-refractivity contribution in [3.8, 4) is 5.75 Å². The van der Waals surface area contributed by atoms with Gasteiger partial charge in [-0.15, -0.1) is 0 Å². The summed E-state index contributed by atoms with van der Waals surface area (Å²) in [5.74, 6) is 0.664. The molecule has 0 bridgehead atoms. The largest absolute Gasteiger partial charge is 0.488 e. The van der Waals surface area contributed by atoms with E-state index < -0.39 is 0 Å². The van der Waals surface area contributed by atoms with Crippen molar-refractivity contribution in [2.75, 3.05) is 18.0 Å². The smallest absolute Gasteiger partial charge is 0.251 e. The molecule has 8 heteroatoms. The first-order valence-corrected chi connectivity index (χ1v) is 12.3. The van der Waals surface area contributed by atoms with Crippen LogP contribution in [0.15, 0.2) is 85.1 Å². The van der Waals surface area contributed by atoms with Crippen LogP contribution in [0.4, 0.5) is 11.5 Å². The van der Waals surface area contributed by atoms with Crippen molar-refractivity contribution < 1.29 is 14.3 Å². The van der Waals surface area contributed by atoms with Crippen molar-refractivity contribution in [2.45, 2.75) is 30.9 Å². The van der Waals surface area contributed by atoms with Crippen molar-refractivity contribution in [3.63, 3.8) is 0 Å². The van der Waals surface area contributed by atoms with Crippen LogP contribution in [-0.4, -0.2) is 35.5 Å². The molecule has 8 nitrogen and oxygen atoms in total. The molecule has 6 N–H and O–H groups in total. The van der Waals surface area contributed by atoms with Gasteiger partial charge in [0.2, 0.25) is 5.91 Å². The van der Waals surface area contributed by atoms with Crippen LogP contribution in [0.2, 0.25) is 0 Å². The number of benzene rings is 3. The number of carbonyl (C=O) groups excluding carboxylic acids is 2. The number of hydrogen-bond donors (Lipinski definition) is 4. The number of nitrogens with two attached hydrogens (primary N) is 2. The highest BCUT2D eigenvalue weighted by Crippen LogP contribution is 2.37. The Morgan fingerprint density at radius 2 is 1.73 bits per heavy atom. The summed E-state index contributed by atoms with van der Waals surface area (Å²) in [5, 5.41) is 7.36. The number of pyridine rings is 1. The molecule has 0 radical (unpaired) electrons. The van der Waals surface area contributed by atoms with Crippen molar-refractivity contribution >= 4 is 34.1 Å². The van der Waals surface area contributed by atoms with E-state index in [-0.39, 0.29) is 36.4 Å². The molecule has 1 saturated carbocycles. The van der Waals surface area contributed by atoms with E-state index >= 15 is 0 Å². The summed E-state index contributed by atoms with van der Waals surface area (Å²) in [5.41, 5.74) is 14.0. The van der Waals surface area contributed by atoms with Crippen LogP contribution in [0.1, 0.15) is 34.7 Å². The van der Waals surface area contributed by atoms with Crippen molar-refractivity contribution in [1.29, 1.82) is 0 Å². The van der Waals surface area contributed by atoms with E-state index in [9.17, 15) is 9.59 Å². The molecule has 3 aromatic carbocycles. The minimum atomic E-state index is -0.358. The third-order valence-corrected chi connectivity index (χ3v) is 6.76. The lowest BCUT2D eigenvalue weighted by molar-refractivity contribution is -0.121. The molecule has 5 rings (SSSR count). The molecule has 0 aliphatic heterocycles. The Morgan fingerprint density at radius 1 is 0.946 bits per heavy atom. The predicted octanol–water partition coefficient (Wildman–Crippen LogP) is 3.64. The Morgan fingerprint density at radius 3 is 2.51 bits per heavy atom. The lowest BCUT2D eigenvalue weighted by Gasteiger charge is -2.22. The van der Waals surface area contributed by atoms with Crippen LogP contribution < -0.4 is 26.8 Å². The Bertz CT molecular complexity index is 1410. The number of ether oxygens (including phenoxy) is 1. The van der Waals surface area contributed by atoms with E-state index in [1.165, 1.54) is 5.56 Å². The van der Waals surface area contributed by atoms with Crippen LogP contribution in [0, 0.1) is 0 Å². The highest BCUT2D eigenvalue weighted by atomic mass is 16.5. The van der Waals surface area contributed by atoms with Crippen molar-refractivity contribution in [1.82, 2.24) is 15.6 Å². The lowest BCUT2D eigenvalue weighted by Crippen LogP contribution is -2.46. The van der Waals surface area contributed by atoms with Crippen molar-refractivity contribution in [3.05, 3.63) is 96.2 Å². The SMILES string of the molecule is Nc1ccc(OC2CC(c3ccccc3)CC2NC(=O)CNC(=O)c2ccc3ccnc(N)c3c2)cc1. The highest BCUT2D eigenvalue weighted by Gasteiger charge is 2.37. The number of rotatable bonds is 7. The van der Waals surface area contributed by atoms with Gasteiger partial charge in [0.1, 0.15) is 17.7 Å². The second-order valence-corrected chi connectivity index (χ2v) is 9.29. The van der Waals surface area contributed by atoms with Gasteiger partial charge in [-0.2, -0.15) is 0 Å². The number of amides is 2. The molecule has 1 aromatic heterocycles. The van der Waals surface area contributed by atoms with E-state index in [4.69, 9.17) is 16.2 Å². The van der Waals surface area contributed by atoms with Gasteiger partial charge in [-0.1, -0.05) is 36.4 Å². The molecule has 2 amide bonds. The van der Waals surface area contributed by atoms with Crippen LogP contribution in [0.25, 0.3) is 10.8 Å². The summed E-state index contributed by atoms with van der Waals surface area (Å²) in [6, 6.07) is 24.3. The van der Waals surface area contributed by atoms with Crippen LogP contribution in [0.5, 0.6) is 5.75 Å². The number of fused-ring (bicyclic) bond motifs is 1. The summed E-state index contributed by atoms with van der Waals surface area (Å²) in [7, 11) is 0. The van der Waals surface area contributed by atoms with Gasteiger partial charge in [0.05, 0.1) is 12.6 Å². The zero-order valence-corrected chi connectivity index (χ0v) is 20.3. The monoisotopic (exact) mass is 495 g/mol. The number of carbonyl (C=O) groups is 2. The molecule has 4 aromatic rings. The molecule has 1 aliphatic carbocycles. The van der Waals surface area contributed by atoms with Gasteiger partial charge >= 0.3 is 0 Å². The number of nitrogens with zero attached hydrogens (tertiary/aromatic N) is 1. The second kappa shape index (κ2) is 10.6. The summed E-state index contributed by atoms with van der Waals surface area (Å²) in [6.45, 7) is -0.152. The lowest BCUT2D eigenvalue weighted by atomic mass is 9.97. The van der Waals surface area contributed by atoms with Crippen LogP contribution >= 0.6 is 0 Å². The van der Waals surface area contributed by atoms with Gasteiger partial charge in [-0.05, 0) is 72.2 Å². The van der Waals surface area contributed by atoms with Gasteiger partial charge < -0.3 is 26.8 Å². The minimum Gasteiger partial charge on any atom is -0.488 e. The molecule has 1 aliphatic rings. The fraction of sp³-hybridized carbons (Fsp3) is 0.207. The summed E-state index contributed by atoms with van der Waals surface area (Å²) < 4.78 is 6.27. The molecular formula is C29H29N5O3. The van der Waals surface area contributed by atoms with Gasteiger partial charge in [-0.25, -0.2) is 4.98 Å². The van der Waals surface area contributed by atoms with Gasteiger partial charge in [0.15, 0.2) is 0 Å². The third kappa shape index (κ3) is 5.64. The van der Waals surface area contributed by atoms with E-state index in [1.54, 1.807) is 30.5 Å². The molecule has 3 unspecified atom stereocenters. The maximum atomic E-state index is 12.9. The van der Waals surface area contributed by atoms with Crippen LogP contribution in [-0.2, 0) is 4.79 Å². The first-order valence-electron chi connectivity index (χ1n) is 12.3. The van der Waals surface area contributed by atoms with E-state index in [2.05, 4.69) is 27.8 Å². The Kier molecular flexibility index (Phi) is 6.89. The summed E-state index contributed by atoms with van der Waals surface area (Å²) >= 11 is 0. The number of hydrogen-bond acceptors (Lipinski definition) is 6. The quantitative estimate of drug-likeness (QED) is 0.290. The summed E-state index contributed by atoms with van der Waals surface area (Å²) in [4.78, 5) is 29.7. The highest BCUT2D eigenvalue weighted by molar-refractivity contribution is 6.02. The Labute approximate surface area is 215 Å². The average molecular weight is 496 g/mol. The molecule has 37 heavy (non-hydrogen) atoms. The maximum absolute atomic E-state index is 12.9. The van der Waals surface area contributed by atoms with Crippen LogP contribution in [0.3, 0.4) is 0 Å². The zero-order valence-electron chi connectivity index (χ0n) is 20.3. The van der Waals surface area contributed by atoms with E-state index in [1.807, 2.05) is 42.5 Å². The first kappa shape index (κ1) is 24.1. The predicted molar refractivity (Wildman–Crippen MR) is 144 cm³/mol. The molecule has 188 valence electrons. The van der Waals surface area contributed by atoms with Gasteiger partial charge in [-0.3, -0.25) is 9.59 Å². The average Bonchev–Trinajstić information content (AvgIpc) is 3.31. The number of aromatic nitrogens is 1. The normalized spacial score (nSPS) is 18.9. The topological polar surface area (TPSA) is 132 Å². The molecule has 1 heterocycles. The Hall–Kier alpha value is -4.59.